The molecule has 3 aromatic rings. The van der Waals surface area contributed by atoms with Crippen molar-refractivity contribution >= 4 is 29.9 Å². The lowest BCUT2D eigenvalue weighted by atomic mass is 10.1. The van der Waals surface area contributed by atoms with E-state index in [1.807, 2.05) is 25.3 Å². The molecule has 1 heterocycles. The summed E-state index contributed by atoms with van der Waals surface area (Å²) in [6.45, 7) is 2.54. The maximum absolute atomic E-state index is 13.9. The van der Waals surface area contributed by atoms with Crippen molar-refractivity contribution in [2.24, 2.45) is 4.99 Å². The van der Waals surface area contributed by atoms with E-state index < -0.39 is 5.82 Å². The van der Waals surface area contributed by atoms with Crippen molar-refractivity contribution in [2.75, 3.05) is 20.7 Å². The van der Waals surface area contributed by atoms with Crippen LogP contribution in [-0.4, -0.2) is 36.4 Å². The number of halogens is 3. The Bertz CT molecular complexity index is 1010. The van der Waals surface area contributed by atoms with Gasteiger partial charge in [-0.3, -0.25) is 4.99 Å². The lowest BCUT2D eigenvalue weighted by molar-refractivity contribution is 0.386. The molecule has 2 aromatic carbocycles. The number of hydrogen-bond acceptors (Lipinski definition) is 3. The zero-order chi connectivity index (χ0) is 21.5. The molecule has 3 rings (SSSR count). The third-order valence-corrected chi connectivity index (χ3v) is 4.66. The highest BCUT2D eigenvalue weighted by Gasteiger charge is 2.11. The molecule has 0 bridgehead atoms. The van der Waals surface area contributed by atoms with Crippen LogP contribution in [0.3, 0.4) is 0 Å². The van der Waals surface area contributed by atoms with Crippen LogP contribution in [0, 0.1) is 11.6 Å². The second-order valence-corrected chi connectivity index (χ2v) is 6.74. The summed E-state index contributed by atoms with van der Waals surface area (Å²) in [5.74, 6) is 0.148. The molecule has 0 aliphatic heterocycles. The number of nitrogens with one attached hydrogen (secondary N) is 2. The number of hydrogen-bond donors (Lipinski definition) is 2. The van der Waals surface area contributed by atoms with Crippen molar-refractivity contribution in [2.45, 2.75) is 19.4 Å². The molecule has 1 atom stereocenters. The van der Waals surface area contributed by atoms with E-state index in [1.54, 1.807) is 29.9 Å². The van der Waals surface area contributed by atoms with Crippen molar-refractivity contribution in [3.63, 3.8) is 0 Å². The minimum atomic E-state index is -0.400. The van der Waals surface area contributed by atoms with Crippen LogP contribution in [0.2, 0.25) is 0 Å². The normalized spacial score (nSPS) is 12.1. The molecule has 0 aliphatic carbocycles. The molecule has 9 heteroatoms. The SMILES string of the molecule is CN=C(NCCc1ccn(-c2ccc(F)cc2)n1)NC(C)c1ccc(OC)c(F)c1.I. The van der Waals surface area contributed by atoms with Crippen LogP contribution in [-0.2, 0) is 6.42 Å². The molecule has 0 aliphatic rings. The number of guanidine groups is 1. The van der Waals surface area contributed by atoms with E-state index in [0.717, 1.165) is 16.9 Å². The Balaban J connectivity index is 0.00000341. The predicted molar refractivity (Wildman–Crippen MR) is 129 cm³/mol. The predicted octanol–water partition coefficient (Wildman–Crippen LogP) is 4.25. The Morgan fingerprint density at radius 3 is 2.55 bits per heavy atom. The Kier molecular flexibility index (Phi) is 9.22. The van der Waals surface area contributed by atoms with Gasteiger partial charge in [-0.1, -0.05) is 6.07 Å². The van der Waals surface area contributed by atoms with Crippen LogP contribution in [0.5, 0.6) is 5.75 Å². The minimum absolute atomic E-state index is 0. The lowest BCUT2D eigenvalue weighted by Gasteiger charge is -2.18. The smallest absolute Gasteiger partial charge is 0.191 e. The van der Waals surface area contributed by atoms with Crippen LogP contribution in [0.1, 0.15) is 24.2 Å². The van der Waals surface area contributed by atoms with Crippen LogP contribution < -0.4 is 15.4 Å². The van der Waals surface area contributed by atoms with Gasteiger partial charge in [-0.25, -0.2) is 13.5 Å². The van der Waals surface area contributed by atoms with Crippen molar-refractivity contribution in [3.05, 3.63) is 77.6 Å². The first-order chi connectivity index (χ1) is 14.5. The molecular formula is C22H26F2IN5O. The van der Waals surface area contributed by atoms with Crippen LogP contribution in [0.4, 0.5) is 8.78 Å². The van der Waals surface area contributed by atoms with E-state index >= 15 is 0 Å². The van der Waals surface area contributed by atoms with E-state index in [2.05, 4.69) is 20.7 Å². The van der Waals surface area contributed by atoms with E-state index in [9.17, 15) is 8.78 Å². The van der Waals surface area contributed by atoms with Crippen molar-refractivity contribution < 1.29 is 13.5 Å². The van der Waals surface area contributed by atoms with Gasteiger partial charge in [-0.15, -0.1) is 24.0 Å². The zero-order valence-electron chi connectivity index (χ0n) is 17.6. The second-order valence-electron chi connectivity index (χ2n) is 6.74. The molecule has 166 valence electrons. The van der Waals surface area contributed by atoms with Crippen LogP contribution in [0.15, 0.2) is 59.7 Å². The number of aromatic nitrogens is 2. The zero-order valence-corrected chi connectivity index (χ0v) is 19.9. The summed E-state index contributed by atoms with van der Waals surface area (Å²) in [7, 11) is 3.12. The number of rotatable bonds is 7. The summed E-state index contributed by atoms with van der Waals surface area (Å²) >= 11 is 0. The number of ether oxygens (including phenoxy) is 1. The van der Waals surface area contributed by atoms with E-state index in [4.69, 9.17) is 4.74 Å². The highest BCUT2D eigenvalue weighted by molar-refractivity contribution is 14.0. The molecule has 1 aromatic heterocycles. The summed E-state index contributed by atoms with van der Waals surface area (Å²) in [5, 5.41) is 11.0. The maximum atomic E-state index is 13.9. The lowest BCUT2D eigenvalue weighted by Crippen LogP contribution is -2.39. The third-order valence-electron chi connectivity index (χ3n) is 4.66. The fraction of sp³-hybridized carbons (Fsp3) is 0.273. The van der Waals surface area contributed by atoms with Crippen molar-refractivity contribution in [1.82, 2.24) is 20.4 Å². The summed E-state index contributed by atoms with van der Waals surface area (Å²) < 4.78 is 33.7. The van der Waals surface area contributed by atoms with Gasteiger partial charge in [0.2, 0.25) is 0 Å². The first-order valence-corrected chi connectivity index (χ1v) is 9.61. The maximum Gasteiger partial charge on any atom is 0.191 e. The topological polar surface area (TPSA) is 63.5 Å². The molecule has 0 spiro atoms. The van der Waals surface area contributed by atoms with E-state index in [1.165, 1.54) is 25.3 Å². The Morgan fingerprint density at radius 1 is 1.16 bits per heavy atom. The fourth-order valence-corrected chi connectivity index (χ4v) is 2.98. The standard InChI is InChI=1S/C22H25F2N5O.HI/c1-15(16-4-9-21(30-3)20(24)14-16)27-22(25-2)26-12-10-18-11-13-29(28-18)19-7-5-17(23)6-8-19;/h4-9,11,13-15H,10,12H2,1-3H3,(H2,25,26,27);1H. The largest absolute Gasteiger partial charge is 0.494 e. The molecule has 1 unspecified atom stereocenters. The van der Waals surface area contributed by atoms with Gasteiger partial charge in [0.15, 0.2) is 17.5 Å². The molecule has 0 amide bonds. The molecule has 0 fully saturated rings. The number of aliphatic imine (C=N–C) groups is 1. The van der Waals surface area contributed by atoms with Gasteiger partial charge >= 0.3 is 0 Å². The average molecular weight is 541 g/mol. The van der Waals surface area contributed by atoms with Crippen LogP contribution >= 0.6 is 24.0 Å². The molecule has 2 N–H and O–H groups in total. The van der Waals surface area contributed by atoms with Crippen LogP contribution in [0.25, 0.3) is 5.69 Å². The van der Waals surface area contributed by atoms with Gasteiger partial charge in [0.25, 0.3) is 0 Å². The summed E-state index contributed by atoms with van der Waals surface area (Å²) in [6.07, 6.45) is 2.52. The fourth-order valence-electron chi connectivity index (χ4n) is 2.98. The molecule has 31 heavy (non-hydrogen) atoms. The Labute approximate surface area is 197 Å². The quantitative estimate of drug-likeness (QED) is 0.267. The first kappa shape index (κ1) is 24.6. The second kappa shape index (κ2) is 11.6. The highest BCUT2D eigenvalue weighted by Crippen LogP contribution is 2.21. The third kappa shape index (κ3) is 6.65. The van der Waals surface area contributed by atoms with E-state index in [0.29, 0.717) is 18.9 Å². The minimum Gasteiger partial charge on any atom is -0.494 e. The van der Waals surface area contributed by atoms with Gasteiger partial charge in [0.1, 0.15) is 5.82 Å². The molecule has 0 saturated heterocycles. The van der Waals surface area contributed by atoms with Gasteiger partial charge in [-0.2, -0.15) is 5.10 Å². The van der Waals surface area contributed by atoms with Crippen molar-refractivity contribution in [3.8, 4) is 11.4 Å². The Hall–Kier alpha value is -2.69. The molecule has 0 radical (unpaired) electrons. The summed E-state index contributed by atoms with van der Waals surface area (Å²) in [4.78, 5) is 4.22. The molecular weight excluding hydrogens is 515 g/mol. The first-order valence-electron chi connectivity index (χ1n) is 9.61. The number of nitrogens with zero attached hydrogens (tertiary/aromatic N) is 3. The van der Waals surface area contributed by atoms with Gasteiger partial charge in [0, 0.05) is 26.2 Å². The molecule has 0 saturated carbocycles. The monoisotopic (exact) mass is 541 g/mol. The van der Waals surface area contributed by atoms with Crippen molar-refractivity contribution in [1.29, 1.82) is 0 Å². The Morgan fingerprint density at radius 2 is 1.90 bits per heavy atom. The number of methoxy groups -OCH3 is 1. The van der Waals surface area contributed by atoms with Gasteiger partial charge in [0.05, 0.1) is 24.5 Å². The summed E-state index contributed by atoms with van der Waals surface area (Å²) in [5.41, 5.74) is 2.48. The molecule has 6 nitrogen and oxygen atoms in total. The van der Waals surface area contributed by atoms with E-state index in [-0.39, 0.29) is 41.6 Å². The van der Waals surface area contributed by atoms with Gasteiger partial charge < -0.3 is 15.4 Å². The van der Waals surface area contributed by atoms with Gasteiger partial charge in [-0.05, 0) is 55.0 Å². The average Bonchev–Trinajstić information content (AvgIpc) is 3.22. The summed E-state index contributed by atoms with van der Waals surface area (Å²) in [6, 6.07) is 12.8. The number of benzene rings is 2. The highest BCUT2D eigenvalue weighted by atomic mass is 127.